The summed E-state index contributed by atoms with van der Waals surface area (Å²) in [5.41, 5.74) is 4.11. The van der Waals surface area contributed by atoms with Crippen LogP contribution >= 0.6 is 46.4 Å². The van der Waals surface area contributed by atoms with Gasteiger partial charge in [-0.1, -0.05) is 46.4 Å². The van der Waals surface area contributed by atoms with E-state index in [9.17, 15) is 4.79 Å². The number of rotatable bonds is 3. The van der Waals surface area contributed by atoms with Gasteiger partial charge in [-0.3, -0.25) is 9.69 Å². The van der Waals surface area contributed by atoms with Crippen molar-refractivity contribution in [1.82, 2.24) is 30.4 Å². The van der Waals surface area contributed by atoms with Gasteiger partial charge in [0.25, 0.3) is 5.91 Å². The molecule has 0 radical (unpaired) electrons. The molecule has 5 saturated heterocycles. The molecule has 2 aromatic carbocycles. The zero-order valence-electron chi connectivity index (χ0n) is 30.6. The van der Waals surface area contributed by atoms with Gasteiger partial charge in [-0.2, -0.15) is 0 Å². The second kappa shape index (κ2) is 18.8. The fraction of sp³-hybridized carbons (Fsp3) is 0.553. The van der Waals surface area contributed by atoms with E-state index < -0.39 is 0 Å². The van der Waals surface area contributed by atoms with Crippen molar-refractivity contribution in [3.63, 3.8) is 0 Å². The molecule has 5 fully saturated rings. The minimum absolute atomic E-state index is 0. The minimum atomic E-state index is 0. The molecule has 5 aliphatic rings. The van der Waals surface area contributed by atoms with Crippen molar-refractivity contribution in [1.29, 1.82) is 0 Å². The van der Waals surface area contributed by atoms with Gasteiger partial charge in [-0.15, -0.1) is 0 Å². The van der Waals surface area contributed by atoms with Crippen LogP contribution in [0, 0.1) is 0 Å². The zero-order chi connectivity index (χ0) is 34.7. The van der Waals surface area contributed by atoms with Crippen LogP contribution in [0.25, 0.3) is 21.8 Å². The van der Waals surface area contributed by atoms with Gasteiger partial charge >= 0.3 is 18.9 Å². The summed E-state index contributed by atoms with van der Waals surface area (Å²) in [4.78, 5) is 24.5. The maximum Gasteiger partial charge on any atom is 1.00 e. The van der Waals surface area contributed by atoms with Crippen molar-refractivity contribution in [3.05, 3.63) is 67.9 Å². The number of halogens is 4. The van der Waals surface area contributed by atoms with Gasteiger partial charge in [-0.05, 0) is 133 Å². The van der Waals surface area contributed by atoms with Gasteiger partial charge in [0.15, 0.2) is 17.4 Å². The molecule has 0 bridgehead atoms. The molecule has 7 heterocycles. The van der Waals surface area contributed by atoms with Crippen LogP contribution < -0.4 is 29.5 Å². The number of aromatic nitrogens is 2. The molecule has 0 unspecified atom stereocenters. The van der Waals surface area contributed by atoms with Crippen molar-refractivity contribution in [3.8, 4) is 0 Å². The second-order valence-electron chi connectivity index (χ2n) is 14.5. The first kappa shape index (κ1) is 42.3. The topological polar surface area (TPSA) is 88.4 Å². The fourth-order valence-electron chi connectivity index (χ4n) is 8.81. The van der Waals surface area contributed by atoms with Crippen molar-refractivity contribution in [2.24, 2.45) is 0 Å². The van der Waals surface area contributed by atoms with Gasteiger partial charge in [0.1, 0.15) is 5.69 Å². The van der Waals surface area contributed by atoms with E-state index in [1.165, 1.54) is 50.8 Å². The van der Waals surface area contributed by atoms with E-state index >= 15 is 0 Å². The van der Waals surface area contributed by atoms with Crippen LogP contribution in [0.3, 0.4) is 0 Å². The number of fused-ring (bicyclic) bond motifs is 2. The molecule has 0 aliphatic carbocycles. The van der Waals surface area contributed by atoms with Crippen LogP contribution in [0.2, 0.25) is 20.1 Å². The van der Waals surface area contributed by atoms with E-state index in [0.717, 1.165) is 105 Å². The van der Waals surface area contributed by atoms with Crippen LogP contribution in [-0.2, 0) is 11.3 Å². The summed E-state index contributed by atoms with van der Waals surface area (Å²) < 4.78 is 4.94. The number of likely N-dealkylation sites (tertiary alicyclic amines) is 2. The molecule has 278 valence electrons. The average molecular weight is 801 g/mol. The van der Waals surface area contributed by atoms with Crippen molar-refractivity contribution in [2.75, 3.05) is 52.5 Å². The Bertz CT molecular complexity index is 1800. The third-order valence-corrected chi connectivity index (χ3v) is 12.5. The van der Waals surface area contributed by atoms with Gasteiger partial charge in [0.2, 0.25) is 0 Å². The van der Waals surface area contributed by atoms with E-state index in [4.69, 9.17) is 51.1 Å². The Labute approximate surface area is 351 Å². The Kier molecular flexibility index (Phi) is 15.3. The molecule has 4 N–H and O–H groups in total. The van der Waals surface area contributed by atoms with Gasteiger partial charge in [0.05, 0.1) is 10.0 Å². The van der Waals surface area contributed by atoms with Crippen LogP contribution in [0.1, 0.15) is 81.8 Å². The van der Waals surface area contributed by atoms with E-state index in [-0.39, 0.29) is 49.1 Å². The summed E-state index contributed by atoms with van der Waals surface area (Å²) in [5.74, 6) is 0.0767. The molecule has 0 atom stereocenters. The molecule has 2 aromatic heterocycles. The number of amides is 1. The van der Waals surface area contributed by atoms with Crippen LogP contribution in [0.15, 0.2) is 36.4 Å². The first-order chi connectivity index (χ1) is 24.3. The normalized spacial score (nSPS) is 20.7. The smallest absolute Gasteiger partial charge is 1.00 e. The maximum atomic E-state index is 13.1. The number of carbonyl (C=O) groups excluding carboxylic acids is 1. The van der Waals surface area contributed by atoms with Crippen LogP contribution in [0.4, 0.5) is 0 Å². The number of aromatic amines is 2. The molecular formula is C38H52AlCl4LiN6O2. The largest absolute Gasteiger partial charge is 1.00 e. The Morgan fingerprint density at radius 2 is 1.23 bits per heavy atom. The number of carbonyl (C=O) groups is 1. The van der Waals surface area contributed by atoms with Crippen molar-refractivity contribution < 1.29 is 29.8 Å². The number of benzene rings is 2. The molecule has 8 nitrogen and oxygen atoms in total. The molecule has 4 aromatic rings. The molecule has 2 spiro atoms. The maximum absolute atomic E-state index is 13.1. The van der Waals surface area contributed by atoms with Crippen molar-refractivity contribution in [2.45, 2.75) is 81.8 Å². The summed E-state index contributed by atoms with van der Waals surface area (Å²) in [6.45, 7) is 9.26. The number of hydrogen-bond donors (Lipinski definition) is 4. The van der Waals surface area contributed by atoms with E-state index in [2.05, 4.69) is 36.5 Å². The average Bonchev–Trinajstić information content (AvgIpc) is 3.95. The van der Waals surface area contributed by atoms with Crippen LogP contribution in [-0.4, -0.2) is 107 Å². The van der Waals surface area contributed by atoms with Gasteiger partial charge < -0.3 is 31.7 Å². The predicted octanol–water partition coefficient (Wildman–Crippen LogP) is 4.76. The first-order valence-electron chi connectivity index (χ1n) is 18.3. The standard InChI is InChI=1S/C17H19Cl2N3O.C17H21Cl2N3.C4H8O.Al.Li.4H/c18-11-8-13(19)12-10-15(21-14(12)9-11)16(23)22-7-1-2-17(22)3-5-20-6-4-17;18-12-8-15(19)14-10-13(21-16(14)9-12)11-22-7-1-2-17(22)3-5-20-6-4-17;1-2-4-5-3-1;;;;;;/h8-10,20-21H,1-7H2;8-10,20-21H,1-7,11H2;1-4H2;;;;;;/q;;;;+1;;;;-1. The number of nitrogens with one attached hydrogen (secondary N) is 4. The Morgan fingerprint density at radius 3 is 1.83 bits per heavy atom. The van der Waals surface area contributed by atoms with E-state index in [1.807, 2.05) is 24.3 Å². The Morgan fingerprint density at radius 1 is 0.692 bits per heavy atom. The Balaban J connectivity index is 0.000000199. The first-order valence-corrected chi connectivity index (χ1v) is 19.8. The molecule has 9 rings (SSSR count). The number of piperidine rings is 2. The number of nitrogens with zero attached hydrogens (tertiary/aromatic N) is 2. The molecule has 14 heteroatoms. The van der Waals surface area contributed by atoms with Crippen LogP contribution in [0.5, 0.6) is 0 Å². The SMILES string of the molecule is C1CCOC1.Clc1cc(Cl)c2cc(CN3CCCC34CCNCC4)[nH]c2c1.O=C(c1cc2c(Cl)cc(Cl)cc2[nH]1)N1CCCC12CCNCC2.[AlH3].[H-].[Li+]. The molecule has 5 aliphatic heterocycles. The summed E-state index contributed by atoms with van der Waals surface area (Å²) in [7, 11) is 0. The summed E-state index contributed by atoms with van der Waals surface area (Å²) in [5, 5.41) is 11.3. The number of H-pyrrole nitrogens is 2. The molecule has 0 saturated carbocycles. The molecule has 1 amide bonds. The second-order valence-corrected chi connectivity index (χ2v) is 16.2. The third-order valence-electron chi connectivity index (χ3n) is 11.4. The number of ether oxygens (including phenoxy) is 1. The van der Waals surface area contributed by atoms with Gasteiger partial charge in [-0.25, -0.2) is 0 Å². The number of hydrogen-bond acceptors (Lipinski definition) is 5. The third kappa shape index (κ3) is 9.38. The minimum Gasteiger partial charge on any atom is -1.00 e. The van der Waals surface area contributed by atoms with Gasteiger partial charge in [0, 0.05) is 74.9 Å². The van der Waals surface area contributed by atoms with E-state index in [1.54, 1.807) is 6.07 Å². The zero-order valence-corrected chi connectivity index (χ0v) is 32.6. The quantitative estimate of drug-likeness (QED) is 0.225. The summed E-state index contributed by atoms with van der Waals surface area (Å²) in [6.07, 6.45) is 12.0. The predicted molar refractivity (Wildman–Crippen MR) is 217 cm³/mol. The van der Waals surface area contributed by atoms with Crippen molar-refractivity contribution >= 4 is 91.5 Å². The molecule has 52 heavy (non-hydrogen) atoms. The summed E-state index contributed by atoms with van der Waals surface area (Å²) in [6, 6.07) is 11.3. The fourth-order valence-corrected chi connectivity index (χ4v) is 9.90. The Hall–Kier alpha value is -0.880. The monoisotopic (exact) mass is 798 g/mol. The molecular weight excluding hydrogens is 748 g/mol. The van der Waals surface area contributed by atoms with E-state index in [0.29, 0.717) is 26.3 Å². The summed E-state index contributed by atoms with van der Waals surface area (Å²) >= 11 is 24.7.